The van der Waals surface area contributed by atoms with Gasteiger partial charge in [0, 0.05) is 0 Å². The molecule has 0 saturated heterocycles. The Kier molecular flexibility index (Phi) is 4.76. The molecule has 0 aliphatic carbocycles. The number of aliphatic carboxylic acids is 1. The summed E-state index contributed by atoms with van der Waals surface area (Å²) in [5.74, 6) is -0.870. The Labute approximate surface area is 119 Å². The molecule has 1 aromatic carbocycles. The molecule has 1 unspecified atom stereocenters. The van der Waals surface area contributed by atoms with Crippen molar-refractivity contribution < 1.29 is 9.90 Å². The predicted molar refractivity (Wildman–Crippen MR) is 74.5 cm³/mol. The second-order valence-electron chi connectivity index (χ2n) is 3.83. The van der Waals surface area contributed by atoms with E-state index in [0.29, 0.717) is 16.6 Å². The van der Waals surface area contributed by atoms with Crippen LogP contribution >= 0.6 is 23.4 Å². The zero-order valence-electron chi connectivity index (χ0n) is 9.86. The number of carboxylic acid groups (broad SMARTS) is 1. The third-order valence-electron chi connectivity index (χ3n) is 2.41. The molecule has 1 aromatic heterocycles. The average Bonchev–Trinajstić information content (AvgIpc) is 2.41. The van der Waals surface area contributed by atoms with Gasteiger partial charge in [-0.1, -0.05) is 53.7 Å². The number of rotatable bonds is 5. The summed E-state index contributed by atoms with van der Waals surface area (Å²) in [6, 6.07) is 12.8. The zero-order chi connectivity index (χ0) is 13.7. The summed E-state index contributed by atoms with van der Waals surface area (Å²) in [6.07, 6.45) is 0.436. The van der Waals surface area contributed by atoms with Crippen molar-refractivity contribution in [1.82, 2.24) is 10.2 Å². The van der Waals surface area contributed by atoms with Crippen LogP contribution in [0.25, 0.3) is 0 Å². The zero-order valence-corrected chi connectivity index (χ0v) is 11.4. The highest BCUT2D eigenvalue weighted by Crippen LogP contribution is 2.24. The molecular formula is C13H11ClN2O2S. The van der Waals surface area contributed by atoms with Crippen molar-refractivity contribution in [3.8, 4) is 0 Å². The lowest BCUT2D eigenvalue weighted by Gasteiger charge is -2.11. The van der Waals surface area contributed by atoms with E-state index in [4.69, 9.17) is 11.6 Å². The summed E-state index contributed by atoms with van der Waals surface area (Å²) in [4.78, 5) is 11.3. The Morgan fingerprint density at radius 1 is 1.21 bits per heavy atom. The van der Waals surface area contributed by atoms with Gasteiger partial charge in [0.15, 0.2) is 5.15 Å². The third-order valence-corrected chi connectivity index (χ3v) is 3.72. The lowest BCUT2D eigenvalue weighted by atomic mass is 10.1. The molecule has 0 aliphatic rings. The van der Waals surface area contributed by atoms with Crippen LogP contribution in [0.3, 0.4) is 0 Å². The van der Waals surface area contributed by atoms with Crippen LogP contribution in [0.1, 0.15) is 5.56 Å². The fraction of sp³-hybridized carbons (Fsp3) is 0.154. The van der Waals surface area contributed by atoms with E-state index >= 15 is 0 Å². The molecule has 1 N–H and O–H groups in total. The van der Waals surface area contributed by atoms with E-state index in [1.165, 1.54) is 11.8 Å². The summed E-state index contributed by atoms with van der Waals surface area (Å²) >= 11 is 6.81. The van der Waals surface area contributed by atoms with E-state index in [1.807, 2.05) is 30.3 Å². The smallest absolute Gasteiger partial charge is 0.317 e. The molecule has 0 aliphatic heterocycles. The normalized spacial score (nSPS) is 12.1. The lowest BCUT2D eigenvalue weighted by Crippen LogP contribution is -2.19. The van der Waals surface area contributed by atoms with E-state index in [0.717, 1.165) is 5.56 Å². The van der Waals surface area contributed by atoms with Crippen LogP contribution in [-0.2, 0) is 11.2 Å². The lowest BCUT2D eigenvalue weighted by molar-refractivity contribution is -0.136. The fourth-order valence-electron chi connectivity index (χ4n) is 1.52. The number of benzene rings is 1. The standard InChI is InChI=1S/C13H11ClN2O2S/c14-11-6-7-12(16-15-11)19-10(13(17)18)8-9-4-2-1-3-5-9/h1-7,10H,8H2,(H,17,18). The van der Waals surface area contributed by atoms with Gasteiger partial charge in [0.05, 0.1) is 0 Å². The number of nitrogens with zero attached hydrogens (tertiary/aromatic N) is 2. The summed E-state index contributed by atoms with van der Waals surface area (Å²) in [5, 5.41) is 17.1. The molecule has 0 saturated carbocycles. The van der Waals surface area contributed by atoms with E-state index in [-0.39, 0.29) is 0 Å². The molecular weight excluding hydrogens is 284 g/mol. The molecule has 1 heterocycles. The molecule has 2 rings (SSSR count). The summed E-state index contributed by atoms with van der Waals surface area (Å²) in [7, 11) is 0. The maximum Gasteiger partial charge on any atom is 0.317 e. The summed E-state index contributed by atoms with van der Waals surface area (Å²) < 4.78 is 0. The van der Waals surface area contributed by atoms with Crippen molar-refractivity contribution in [2.45, 2.75) is 16.7 Å². The van der Waals surface area contributed by atoms with Crippen molar-refractivity contribution >= 4 is 29.3 Å². The number of hydrogen-bond donors (Lipinski definition) is 1. The van der Waals surface area contributed by atoms with Crippen LogP contribution in [0.2, 0.25) is 5.15 Å². The molecule has 4 nitrogen and oxygen atoms in total. The van der Waals surface area contributed by atoms with Crippen LogP contribution in [0.15, 0.2) is 47.5 Å². The minimum Gasteiger partial charge on any atom is -0.480 e. The highest BCUT2D eigenvalue weighted by atomic mass is 35.5. The molecule has 2 aromatic rings. The summed E-state index contributed by atoms with van der Waals surface area (Å²) in [5.41, 5.74) is 0.976. The third kappa shape index (κ3) is 4.22. The molecule has 0 bridgehead atoms. The number of carboxylic acids is 1. The van der Waals surface area contributed by atoms with E-state index in [9.17, 15) is 9.90 Å². The van der Waals surface area contributed by atoms with Crippen molar-refractivity contribution in [2.24, 2.45) is 0 Å². The van der Waals surface area contributed by atoms with Gasteiger partial charge in [-0.05, 0) is 24.1 Å². The van der Waals surface area contributed by atoms with Gasteiger partial charge >= 0.3 is 5.97 Å². The van der Waals surface area contributed by atoms with E-state index in [2.05, 4.69) is 10.2 Å². The molecule has 1 atom stereocenters. The van der Waals surface area contributed by atoms with E-state index in [1.54, 1.807) is 12.1 Å². The van der Waals surface area contributed by atoms with Crippen molar-refractivity contribution in [3.63, 3.8) is 0 Å². The first-order valence-electron chi connectivity index (χ1n) is 5.58. The van der Waals surface area contributed by atoms with Crippen molar-refractivity contribution in [2.75, 3.05) is 0 Å². The highest BCUT2D eigenvalue weighted by molar-refractivity contribution is 8.00. The number of thioether (sulfide) groups is 1. The van der Waals surface area contributed by atoms with Crippen LogP contribution in [0.5, 0.6) is 0 Å². The SMILES string of the molecule is O=C(O)C(Cc1ccccc1)Sc1ccc(Cl)nn1. The molecule has 0 fully saturated rings. The first-order valence-corrected chi connectivity index (χ1v) is 6.83. The minimum absolute atomic E-state index is 0.291. The van der Waals surface area contributed by atoms with Crippen LogP contribution in [-0.4, -0.2) is 26.5 Å². The van der Waals surface area contributed by atoms with Gasteiger partial charge in [0.25, 0.3) is 0 Å². The number of aromatic nitrogens is 2. The van der Waals surface area contributed by atoms with Gasteiger partial charge in [-0.15, -0.1) is 10.2 Å². The van der Waals surface area contributed by atoms with Gasteiger partial charge in [-0.3, -0.25) is 4.79 Å². The van der Waals surface area contributed by atoms with Crippen LogP contribution in [0, 0.1) is 0 Å². The minimum atomic E-state index is -0.870. The Bertz CT molecular complexity index is 548. The maximum absolute atomic E-state index is 11.3. The molecule has 0 radical (unpaired) electrons. The topological polar surface area (TPSA) is 63.1 Å². The second-order valence-corrected chi connectivity index (χ2v) is 5.44. The van der Waals surface area contributed by atoms with Crippen molar-refractivity contribution in [1.29, 1.82) is 0 Å². The highest BCUT2D eigenvalue weighted by Gasteiger charge is 2.20. The maximum atomic E-state index is 11.3. The van der Waals surface area contributed by atoms with Gasteiger partial charge in [0.2, 0.25) is 0 Å². The van der Waals surface area contributed by atoms with Gasteiger partial charge in [-0.25, -0.2) is 0 Å². The molecule has 98 valence electrons. The summed E-state index contributed by atoms with van der Waals surface area (Å²) in [6.45, 7) is 0. The quantitative estimate of drug-likeness (QED) is 0.859. The molecule has 19 heavy (non-hydrogen) atoms. The Morgan fingerprint density at radius 2 is 1.95 bits per heavy atom. The van der Waals surface area contributed by atoms with Crippen molar-refractivity contribution in [3.05, 3.63) is 53.2 Å². The van der Waals surface area contributed by atoms with Crippen LogP contribution < -0.4 is 0 Å². The first-order chi connectivity index (χ1) is 9.15. The average molecular weight is 295 g/mol. The molecule has 6 heteroatoms. The first kappa shape index (κ1) is 13.8. The largest absolute Gasteiger partial charge is 0.480 e. The van der Waals surface area contributed by atoms with Gasteiger partial charge < -0.3 is 5.11 Å². The predicted octanol–water partition coefficient (Wildman–Crippen LogP) is 2.92. The van der Waals surface area contributed by atoms with Gasteiger partial charge in [0.1, 0.15) is 10.3 Å². The molecule has 0 spiro atoms. The van der Waals surface area contributed by atoms with E-state index < -0.39 is 11.2 Å². The monoisotopic (exact) mass is 294 g/mol. The number of carbonyl (C=O) groups is 1. The number of halogens is 1. The Morgan fingerprint density at radius 3 is 2.53 bits per heavy atom. The molecule has 0 amide bonds. The second kappa shape index (κ2) is 6.54. The number of hydrogen-bond acceptors (Lipinski definition) is 4. The fourth-order valence-corrected chi connectivity index (χ4v) is 2.52. The Hall–Kier alpha value is -1.59. The Balaban J connectivity index is 2.08. The van der Waals surface area contributed by atoms with Gasteiger partial charge in [-0.2, -0.15) is 0 Å². The van der Waals surface area contributed by atoms with Crippen LogP contribution in [0.4, 0.5) is 0 Å².